The van der Waals surface area contributed by atoms with Crippen LogP contribution < -0.4 is 20.3 Å². The Hall–Kier alpha value is -3.36. The zero-order valence-corrected chi connectivity index (χ0v) is 20.0. The summed E-state index contributed by atoms with van der Waals surface area (Å²) in [6, 6.07) is 14.8. The molecule has 8 heteroatoms. The average Bonchev–Trinajstić information content (AvgIpc) is 3.63. The normalized spacial score (nSPS) is 21.1. The number of aliphatic hydroxyl groups excluding tert-OH is 1. The lowest BCUT2D eigenvalue weighted by atomic mass is 9.84. The fraction of sp³-hybridized carbons (Fsp3) is 0.407. The van der Waals surface area contributed by atoms with E-state index in [1.54, 1.807) is 13.2 Å². The summed E-state index contributed by atoms with van der Waals surface area (Å²) in [5, 5.41) is 8.94. The van der Waals surface area contributed by atoms with Gasteiger partial charge in [0.15, 0.2) is 11.6 Å². The molecular weight excluding hydrogens is 446 g/mol. The lowest BCUT2D eigenvalue weighted by Gasteiger charge is -2.29. The van der Waals surface area contributed by atoms with Gasteiger partial charge in [0.25, 0.3) is 5.91 Å². The molecule has 1 aliphatic carbocycles. The summed E-state index contributed by atoms with van der Waals surface area (Å²) in [5.74, 6) is 2.06. The van der Waals surface area contributed by atoms with Crippen LogP contribution in [0.4, 0.5) is 0 Å². The average molecular weight is 480 g/mol. The third kappa shape index (κ3) is 5.83. The van der Waals surface area contributed by atoms with E-state index in [1.807, 2.05) is 48.5 Å². The van der Waals surface area contributed by atoms with Crippen LogP contribution in [0.2, 0.25) is 0 Å². The smallest absolute Gasteiger partial charge is 0.266 e. The predicted octanol–water partition coefficient (Wildman–Crippen LogP) is 3.32. The van der Waals surface area contributed by atoms with Crippen molar-refractivity contribution in [1.29, 1.82) is 0 Å². The van der Waals surface area contributed by atoms with Gasteiger partial charge in [-0.25, -0.2) is 10.4 Å². The molecule has 1 fully saturated rings. The number of benzene rings is 2. The van der Waals surface area contributed by atoms with E-state index in [0.29, 0.717) is 36.3 Å². The molecule has 0 unspecified atom stereocenters. The number of hydrogen-bond donors (Lipinski definition) is 3. The molecule has 1 heterocycles. The first-order valence-electron chi connectivity index (χ1n) is 12.0. The van der Waals surface area contributed by atoms with Gasteiger partial charge in [-0.15, -0.1) is 6.58 Å². The Bertz CT molecular complexity index is 1050. The number of aliphatic imine (C=N–C) groups is 1. The van der Waals surface area contributed by atoms with E-state index in [2.05, 4.69) is 17.4 Å². The van der Waals surface area contributed by atoms with E-state index in [1.165, 1.54) is 12.8 Å². The van der Waals surface area contributed by atoms with Crippen LogP contribution >= 0.6 is 0 Å². The molecule has 0 radical (unpaired) electrons. The van der Waals surface area contributed by atoms with Gasteiger partial charge >= 0.3 is 0 Å². The zero-order chi connectivity index (χ0) is 24.7. The Morgan fingerprint density at radius 1 is 1.26 bits per heavy atom. The van der Waals surface area contributed by atoms with Gasteiger partial charge in [-0.2, -0.15) is 0 Å². The van der Waals surface area contributed by atoms with Gasteiger partial charge in [-0.1, -0.05) is 18.2 Å². The molecule has 2 aromatic rings. The van der Waals surface area contributed by atoms with Crippen LogP contribution in [-0.2, 0) is 9.53 Å². The molecule has 2 atom stereocenters. The second-order valence-electron chi connectivity index (χ2n) is 8.84. The highest BCUT2D eigenvalue weighted by molar-refractivity contribution is 6.01. The zero-order valence-electron chi connectivity index (χ0n) is 20.0. The number of methoxy groups -OCH3 is 1. The molecule has 1 saturated carbocycles. The Morgan fingerprint density at radius 3 is 2.74 bits per heavy atom. The highest BCUT2D eigenvalue weighted by Gasteiger charge is 2.52. The second kappa shape index (κ2) is 11.4. The molecule has 35 heavy (non-hydrogen) atoms. The molecule has 2 aliphatic rings. The standard InChI is InChI=1S/C27H33N3O5/c1-3-14-27(26(32)30-28-18-19-8-9-19)24(21-6-4-7-23(17-21)33-2)35-25(29-27)20-10-12-22(13-11-20)34-16-5-15-31/h3-4,6-7,10-13,17,19,24,28,31H,1,5,8-9,14-16,18H2,2H3,(H,30,32)/t24-,27-/m0/s1. The molecule has 0 bridgehead atoms. The maximum Gasteiger partial charge on any atom is 0.266 e. The Morgan fingerprint density at radius 2 is 2.06 bits per heavy atom. The first-order chi connectivity index (χ1) is 17.1. The molecule has 1 amide bonds. The van der Waals surface area contributed by atoms with Gasteiger partial charge in [0, 0.05) is 31.6 Å². The molecule has 1 aliphatic heterocycles. The molecule has 0 saturated heterocycles. The van der Waals surface area contributed by atoms with Gasteiger partial charge in [-0.05, 0) is 60.7 Å². The molecule has 0 spiro atoms. The van der Waals surface area contributed by atoms with E-state index in [0.717, 1.165) is 17.7 Å². The van der Waals surface area contributed by atoms with E-state index >= 15 is 0 Å². The molecule has 4 rings (SSSR count). The van der Waals surface area contributed by atoms with Crippen molar-refractivity contribution in [3.8, 4) is 11.5 Å². The number of nitrogens with zero attached hydrogens (tertiary/aromatic N) is 1. The van der Waals surface area contributed by atoms with Crippen molar-refractivity contribution in [1.82, 2.24) is 10.9 Å². The summed E-state index contributed by atoms with van der Waals surface area (Å²) >= 11 is 0. The van der Waals surface area contributed by atoms with E-state index in [4.69, 9.17) is 24.3 Å². The summed E-state index contributed by atoms with van der Waals surface area (Å²) < 4.78 is 17.4. The topological polar surface area (TPSA) is 101 Å². The predicted molar refractivity (Wildman–Crippen MR) is 133 cm³/mol. The van der Waals surface area contributed by atoms with Crippen molar-refractivity contribution >= 4 is 11.8 Å². The molecule has 2 aromatic carbocycles. The summed E-state index contributed by atoms with van der Waals surface area (Å²) in [4.78, 5) is 18.5. The highest BCUT2D eigenvalue weighted by Crippen LogP contribution is 2.43. The van der Waals surface area contributed by atoms with Crippen LogP contribution in [0.15, 0.2) is 66.2 Å². The Kier molecular flexibility index (Phi) is 8.05. The van der Waals surface area contributed by atoms with Crippen LogP contribution in [0.3, 0.4) is 0 Å². The number of hydrazine groups is 1. The lowest BCUT2D eigenvalue weighted by Crippen LogP contribution is -2.52. The monoisotopic (exact) mass is 479 g/mol. The van der Waals surface area contributed by atoms with Crippen molar-refractivity contribution in [3.63, 3.8) is 0 Å². The van der Waals surface area contributed by atoms with Crippen molar-refractivity contribution in [2.75, 3.05) is 26.9 Å². The van der Waals surface area contributed by atoms with Gasteiger partial charge < -0.3 is 19.3 Å². The van der Waals surface area contributed by atoms with Gasteiger partial charge in [-0.3, -0.25) is 10.2 Å². The molecule has 186 valence electrons. The first kappa shape index (κ1) is 24.8. The lowest BCUT2D eigenvalue weighted by molar-refractivity contribution is -0.129. The SMILES string of the molecule is C=CC[C@]1(C(=O)NNCC2CC2)N=C(c2ccc(OCCCO)cc2)O[C@H]1c1cccc(OC)c1. The van der Waals surface area contributed by atoms with Gasteiger partial charge in [0.2, 0.25) is 5.90 Å². The number of nitrogens with one attached hydrogen (secondary N) is 2. The first-order valence-corrected chi connectivity index (χ1v) is 12.0. The fourth-order valence-corrected chi connectivity index (χ4v) is 4.05. The maximum atomic E-state index is 13.6. The third-order valence-corrected chi connectivity index (χ3v) is 6.17. The van der Waals surface area contributed by atoms with Crippen molar-refractivity contribution < 1.29 is 24.1 Å². The minimum Gasteiger partial charge on any atom is -0.497 e. The number of ether oxygens (including phenoxy) is 3. The Labute approximate surface area is 206 Å². The second-order valence-corrected chi connectivity index (χ2v) is 8.84. The number of carbonyl (C=O) groups excluding carboxylic acids is 1. The number of rotatable bonds is 13. The summed E-state index contributed by atoms with van der Waals surface area (Å²) in [6.45, 7) is 5.14. The quantitative estimate of drug-likeness (QED) is 0.231. The summed E-state index contributed by atoms with van der Waals surface area (Å²) in [5.41, 5.74) is 6.21. The minimum atomic E-state index is -1.24. The Balaban J connectivity index is 1.64. The van der Waals surface area contributed by atoms with E-state index in [9.17, 15) is 4.79 Å². The van der Waals surface area contributed by atoms with Crippen LogP contribution in [-0.4, -0.2) is 49.3 Å². The van der Waals surface area contributed by atoms with Gasteiger partial charge in [0.05, 0.1) is 13.7 Å². The summed E-state index contributed by atoms with van der Waals surface area (Å²) in [6.07, 6.45) is 4.23. The maximum absolute atomic E-state index is 13.6. The molecule has 0 aromatic heterocycles. The van der Waals surface area contributed by atoms with Crippen molar-refractivity contribution in [2.24, 2.45) is 10.9 Å². The molecular formula is C27H33N3O5. The van der Waals surface area contributed by atoms with E-state index < -0.39 is 11.6 Å². The number of hydrogen-bond acceptors (Lipinski definition) is 7. The number of amides is 1. The van der Waals surface area contributed by atoms with Gasteiger partial charge in [0.1, 0.15) is 11.5 Å². The third-order valence-electron chi connectivity index (χ3n) is 6.17. The van der Waals surface area contributed by atoms with Crippen LogP contribution in [0.5, 0.6) is 11.5 Å². The molecule has 3 N–H and O–H groups in total. The number of carbonyl (C=O) groups is 1. The highest BCUT2D eigenvalue weighted by atomic mass is 16.5. The summed E-state index contributed by atoms with van der Waals surface area (Å²) in [7, 11) is 1.60. The van der Waals surface area contributed by atoms with Crippen LogP contribution in [0, 0.1) is 5.92 Å². The van der Waals surface area contributed by atoms with Crippen molar-refractivity contribution in [3.05, 3.63) is 72.3 Å². The molecule has 8 nitrogen and oxygen atoms in total. The van der Waals surface area contributed by atoms with E-state index in [-0.39, 0.29) is 18.9 Å². The largest absolute Gasteiger partial charge is 0.497 e. The van der Waals surface area contributed by atoms with Crippen LogP contribution in [0.1, 0.15) is 42.9 Å². The van der Waals surface area contributed by atoms with Crippen LogP contribution in [0.25, 0.3) is 0 Å². The number of aliphatic hydroxyl groups is 1. The fourth-order valence-electron chi connectivity index (χ4n) is 4.05. The minimum absolute atomic E-state index is 0.0807. The van der Waals surface area contributed by atoms with Crippen molar-refractivity contribution in [2.45, 2.75) is 37.3 Å².